The Bertz CT molecular complexity index is 534. The Kier molecular flexibility index (Phi) is 3.44. The minimum atomic E-state index is -0.339. The average molecular weight is 248 g/mol. The fourth-order valence-electron chi connectivity index (χ4n) is 1.25. The van der Waals surface area contributed by atoms with E-state index < -0.39 is 0 Å². The standard InChI is InChI=1S/C9H12N8O/c1-17-5-12-16-8(17)4-11-9(18)6-2-3-7(13-10)15-14-6/h2-3,5H,4,10H2,1H3,(H,11,18)(H,13,15). The molecule has 0 aliphatic carbocycles. The van der Waals surface area contributed by atoms with Gasteiger partial charge in [-0.05, 0) is 12.1 Å². The number of nitrogens with one attached hydrogen (secondary N) is 2. The van der Waals surface area contributed by atoms with Gasteiger partial charge in [0.25, 0.3) is 5.91 Å². The van der Waals surface area contributed by atoms with Crippen molar-refractivity contribution >= 4 is 11.7 Å². The van der Waals surface area contributed by atoms with Crippen molar-refractivity contribution in [3.05, 3.63) is 30.0 Å². The summed E-state index contributed by atoms with van der Waals surface area (Å²) in [6, 6.07) is 3.08. The zero-order valence-electron chi connectivity index (χ0n) is 9.66. The molecule has 0 atom stereocenters. The van der Waals surface area contributed by atoms with Gasteiger partial charge in [0.1, 0.15) is 6.33 Å². The fourth-order valence-corrected chi connectivity index (χ4v) is 1.25. The predicted molar refractivity (Wildman–Crippen MR) is 62.0 cm³/mol. The zero-order chi connectivity index (χ0) is 13.0. The monoisotopic (exact) mass is 248 g/mol. The van der Waals surface area contributed by atoms with E-state index in [1.165, 1.54) is 6.07 Å². The lowest BCUT2D eigenvalue weighted by atomic mass is 10.3. The number of aromatic nitrogens is 5. The Morgan fingerprint density at radius 1 is 1.39 bits per heavy atom. The molecule has 18 heavy (non-hydrogen) atoms. The molecule has 0 radical (unpaired) electrons. The maximum absolute atomic E-state index is 11.7. The van der Waals surface area contributed by atoms with Crippen molar-refractivity contribution < 1.29 is 4.79 Å². The molecular weight excluding hydrogens is 236 g/mol. The van der Waals surface area contributed by atoms with Crippen molar-refractivity contribution in [1.29, 1.82) is 0 Å². The number of nitrogens with zero attached hydrogens (tertiary/aromatic N) is 5. The number of aryl methyl sites for hydroxylation is 1. The average Bonchev–Trinajstić information content (AvgIpc) is 2.81. The van der Waals surface area contributed by atoms with Crippen molar-refractivity contribution in [3.63, 3.8) is 0 Å². The van der Waals surface area contributed by atoms with E-state index in [2.05, 4.69) is 31.1 Å². The lowest BCUT2D eigenvalue weighted by Crippen LogP contribution is -2.25. The predicted octanol–water partition coefficient (Wildman–Crippen LogP) is -1.18. The number of anilines is 1. The second-order valence-corrected chi connectivity index (χ2v) is 3.49. The van der Waals surface area contributed by atoms with E-state index in [4.69, 9.17) is 5.84 Å². The van der Waals surface area contributed by atoms with Crippen LogP contribution in [0.5, 0.6) is 0 Å². The lowest BCUT2D eigenvalue weighted by Gasteiger charge is -2.04. The molecule has 0 aliphatic rings. The summed E-state index contributed by atoms with van der Waals surface area (Å²) in [6.45, 7) is 0.272. The number of amides is 1. The molecule has 0 fully saturated rings. The second kappa shape index (κ2) is 5.19. The molecule has 9 nitrogen and oxygen atoms in total. The van der Waals surface area contributed by atoms with E-state index in [1.807, 2.05) is 0 Å². The summed E-state index contributed by atoms with van der Waals surface area (Å²) in [5.74, 6) is 5.84. The second-order valence-electron chi connectivity index (χ2n) is 3.49. The van der Waals surface area contributed by atoms with Crippen LogP contribution in [-0.2, 0) is 13.6 Å². The van der Waals surface area contributed by atoms with Crippen LogP contribution in [0.15, 0.2) is 18.5 Å². The molecule has 2 aromatic heterocycles. The van der Waals surface area contributed by atoms with Crippen LogP contribution in [0.1, 0.15) is 16.3 Å². The van der Waals surface area contributed by atoms with Gasteiger partial charge in [-0.2, -0.15) is 0 Å². The number of carbonyl (C=O) groups excluding carboxylic acids is 1. The third kappa shape index (κ3) is 2.58. The quantitative estimate of drug-likeness (QED) is 0.459. The summed E-state index contributed by atoms with van der Waals surface area (Å²) in [5, 5.41) is 17.6. The smallest absolute Gasteiger partial charge is 0.272 e. The number of carbonyl (C=O) groups is 1. The van der Waals surface area contributed by atoms with Crippen LogP contribution in [0.3, 0.4) is 0 Å². The van der Waals surface area contributed by atoms with Crippen LogP contribution in [0, 0.1) is 0 Å². The maximum atomic E-state index is 11.7. The first-order valence-electron chi connectivity index (χ1n) is 5.12. The molecule has 0 aromatic carbocycles. The molecule has 0 saturated carbocycles. The molecular formula is C9H12N8O. The van der Waals surface area contributed by atoms with Crippen LogP contribution in [0.2, 0.25) is 0 Å². The van der Waals surface area contributed by atoms with Crippen molar-refractivity contribution in [2.45, 2.75) is 6.54 Å². The van der Waals surface area contributed by atoms with E-state index in [1.54, 1.807) is 24.0 Å². The summed E-state index contributed by atoms with van der Waals surface area (Å²) < 4.78 is 1.72. The summed E-state index contributed by atoms with van der Waals surface area (Å²) in [4.78, 5) is 11.7. The molecule has 0 unspecified atom stereocenters. The van der Waals surface area contributed by atoms with Gasteiger partial charge in [-0.25, -0.2) is 5.84 Å². The van der Waals surface area contributed by atoms with E-state index in [-0.39, 0.29) is 18.1 Å². The molecule has 94 valence electrons. The molecule has 2 aromatic rings. The van der Waals surface area contributed by atoms with Crippen molar-refractivity contribution in [3.8, 4) is 0 Å². The number of hydrogen-bond acceptors (Lipinski definition) is 7. The van der Waals surface area contributed by atoms with Gasteiger partial charge in [0.05, 0.1) is 6.54 Å². The summed E-state index contributed by atoms with van der Waals surface area (Å²) in [6.07, 6.45) is 1.56. The van der Waals surface area contributed by atoms with Crippen LogP contribution in [-0.4, -0.2) is 30.9 Å². The third-order valence-corrected chi connectivity index (χ3v) is 2.26. The molecule has 0 spiro atoms. The topological polar surface area (TPSA) is 124 Å². The number of hydrogen-bond donors (Lipinski definition) is 3. The third-order valence-electron chi connectivity index (χ3n) is 2.26. The molecule has 0 bridgehead atoms. The zero-order valence-corrected chi connectivity index (χ0v) is 9.66. The first-order valence-corrected chi connectivity index (χ1v) is 5.12. The Morgan fingerprint density at radius 3 is 2.78 bits per heavy atom. The summed E-state index contributed by atoms with van der Waals surface area (Å²) in [5.41, 5.74) is 2.53. The highest BCUT2D eigenvalue weighted by molar-refractivity contribution is 5.92. The molecule has 2 rings (SSSR count). The van der Waals surface area contributed by atoms with E-state index >= 15 is 0 Å². The molecule has 0 saturated heterocycles. The van der Waals surface area contributed by atoms with Gasteiger partial charge in [-0.1, -0.05) is 0 Å². The van der Waals surface area contributed by atoms with Crippen LogP contribution in [0.4, 0.5) is 5.82 Å². The minimum absolute atomic E-state index is 0.205. The Balaban J connectivity index is 1.97. The highest BCUT2D eigenvalue weighted by Crippen LogP contribution is 2.00. The first-order chi connectivity index (χ1) is 8.70. The van der Waals surface area contributed by atoms with Crippen molar-refractivity contribution in [1.82, 2.24) is 30.3 Å². The molecule has 9 heteroatoms. The van der Waals surface area contributed by atoms with Crippen LogP contribution in [0.25, 0.3) is 0 Å². The van der Waals surface area contributed by atoms with Gasteiger partial charge >= 0.3 is 0 Å². The van der Waals surface area contributed by atoms with Crippen LogP contribution >= 0.6 is 0 Å². The van der Waals surface area contributed by atoms with E-state index in [0.717, 1.165) is 0 Å². The van der Waals surface area contributed by atoms with Gasteiger partial charge in [0.15, 0.2) is 17.3 Å². The van der Waals surface area contributed by atoms with Crippen molar-refractivity contribution in [2.24, 2.45) is 12.9 Å². The minimum Gasteiger partial charge on any atom is -0.343 e. The first kappa shape index (κ1) is 11.9. The largest absolute Gasteiger partial charge is 0.343 e. The molecule has 1 amide bonds. The Labute approximate surface area is 102 Å². The van der Waals surface area contributed by atoms with Crippen molar-refractivity contribution in [2.75, 3.05) is 5.43 Å². The van der Waals surface area contributed by atoms with Gasteiger partial charge in [0, 0.05) is 7.05 Å². The number of nitrogens with two attached hydrogens (primary N) is 1. The van der Waals surface area contributed by atoms with Gasteiger partial charge in [-0.3, -0.25) is 4.79 Å². The Morgan fingerprint density at radius 2 is 2.22 bits per heavy atom. The van der Waals surface area contributed by atoms with Gasteiger partial charge < -0.3 is 15.3 Å². The van der Waals surface area contributed by atoms with Gasteiger partial charge in [-0.15, -0.1) is 20.4 Å². The fraction of sp³-hybridized carbons (Fsp3) is 0.222. The number of rotatable bonds is 4. The SMILES string of the molecule is Cn1cnnc1CNC(=O)c1ccc(NN)nn1. The highest BCUT2D eigenvalue weighted by atomic mass is 16.1. The Hall–Kier alpha value is -2.55. The molecule has 0 aliphatic heterocycles. The summed E-state index contributed by atoms with van der Waals surface area (Å²) >= 11 is 0. The lowest BCUT2D eigenvalue weighted by molar-refractivity contribution is 0.0943. The number of hydrazine groups is 1. The highest BCUT2D eigenvalue weighted by Gasteiger charge is 2.09. The maximum Gasteiger partial charge on any atom is 0.272 e. The summed E-state index contributed by atoms with van der Waals surface area (Å²) in [7, 11) is 1.79. The van der Waals surface area contributed by atoms with Gasteiger partial charge in [0.2, 0.25) is 0 Å². The van der Waals surface area contributed by atoms with Crippen LogP contribution < -0.4 is 16.6 Å². The molecule has 4 N–H and O–H groups in total. The van der Waals surface area contributed by atoms with E-state index in [0.29, 0.717) is 11.6 Å². The normalized spacial score (nSPS) is 10.1. The van der Waals surface area contributed by atoms with E-state index in [9.17, 15) is 4.79 Å². The number of nitrogen functional groups attached to an aromatic ring is 1. The molecule has 2 heterocycles.